The molecule has 264 valence electrons. The molecule has 9 atom stereocenters. The number of carbonyl (C=O) groups is 2. The molecule has 0 aromatic heterocycles. The first-order valence-corrected chi connectivity index (χ1v) is 19.7. The van der Waals surface area contributed by atoms with Crippen molar-refractivity contribution >= 4 is 35.2 Å². The van der Waals surface area contributed by atoms with Gasteiger partial charge < -0.3 is 25.0 Å². The number of likely N-dealkylation sites (tertiary alicyclic amines) is 1. The number of amides is 1. The Labute approximate surface area is 283 Å². The molecule has 0 aromatic rings. The van der Waals surface area contributed by atoms with Gasteiger partial charge in [-0.1, -0.05) is 104 Å². The number of likely N-dealkylation sites (N-methyl/N-ethyl adjacent to an activating group) is 1. The van der Waals surface area contributed by atoms with E-state index in [2.05, 4.69) is 24.1 Å². The summed E-state index contributed by atoms with van der Waals surface area (Å²) >= 11 is 7.82. The minimum atomic E-state index is -1.38. The van der Waals surface area contributed by atoms with Crippen molar-refractivity contribution < 1.29 is 29.3 Å². The van der Waals surface area contributed by atoms with E-state index in [1.807, 2.05) is 7.05 Å². The van der Waals surface area contributed by atoms with Crippen molar-refractivity contribution in [3.8, 4) is 0 Å². The molecule has 8 nitrogen and oxygen atoms in total. The minimum Gasteiger partial charge on any atom is -0.456 e. The van der Waals surface area contributed by atoms with Crippen LogP contribution >= 0.6 is 23.4 Å². The average Bonchev–Trinajstić information content (AvgIpc) is 3.38. The highest BCUT2D eigenvalue weighted by Gasteiger charge is 2.50. The predicted octanol–water partition coefficient (Wildman–Crippen LogP) is 6.81. The number of nitrogens with one attached hydrogen (secondary N) is 1. The molecule has 10 heteroatoms. The van der Waals surface area contributed by atoms with E-state index in [9.17, 15) is 19.8 Å². The van der Waals surface area contributed by atoms with Gasteiger partial charge in [-0.3, -0.25) is 14.5 Å². The number of hydrogen-bond acceptors (Lipinski definition) is 8. The number of unbranched alkanes of at least 4 members (excludes halogenated alkanes) is 13. The van der Waals surface area contributed by atoms with E-state index in [1.165, 1.54) is 82.4 Å². The van der Waals surface area contributed by atoms with E-state index in [0.29, 0.717) is 5.92 Å². The molecule has 0 saturated carbocycles. The summed E-state index contributed by atoms with van der Waals surface area (Å²) in [7, 11) is 1.95. The Hall–Kier alpha value is -0.580. The van der Waals surface area contributed by atoms with Gasteiger partial charge in [-0.05, 0) is 45.4 Å². The molecule has 0 unspecified atom stereocenters. The highest BCUT2D eigenvalue weighted by molar-refractivity contribution is 7.99. The van der Waals surface area contributed by atoms with Crippen LogP contribution in [0, 0.1) is 5.92 Å². The Balaban J connectivity index is 1.74. The number of halogens is 1. The lowest BCUT2D eigenvalue weighted by molar-refractivity contribution is -0.218. The number of nitrogens with zero attached hydrogens (tertiary/aromatic N) is 1. The average molecular weight is 677 g/mol. The molecule has 2 aliphatic rings. The lowest BCUT2D eigenvalue weighted by Gasteiger charge is -2.45. The fourth-order valence-electron chi connectivity index (χ4n) is 6.90. The number of esters is 1. The van der Waals surface area contributed by atoms with Crippen LogP contribution in [0.2, 0.25) is 0 Å². The van der Waals surface area contributed by atoms with Crippen LogP contribution in [0.1, 0.15) is 136 Å². The van der Waals surface area contributed by atoms with E-state index in [-0.39, 0.29) is 18.4 Å². The molecule has 2 fully saturated rings. The fourth-order valence-corrected chi connectivity index (χ4v) is 7.83. The number of aliphatic hydroxyl groups is 2. The molecule has 2 rings (SSSR count). The molecule has 2 aliphatic heterocycles. The third kappa shape index (κ3) is 14.2. The molecule has 0 bridgehead atoms. The lowest BCUT2D eigenvalue weighted by Crippen LogP contribution is -2.65. The van der Waals surface area contributed by atoms with E-state index in [0.717, 1.165) is 45.1 Å². The molecule has 0 aliphatic carbocycles. The number of aliphatic hydroxyl groups excluding tert-OH is 2. The molecule has 3 N–H and O–H groups in total. The number of carbonyl (C=O) groups excluding carboxylic acids is 2. The summed E-state index contributed by atoms with van der Waals surface area (Å²) in [6, 6.07) is -1.01. The van der Waals surface area contributed by atoms with E-state index < -0.39 is 47.2 Å². The van der Waals surface area contributed by atoms with Gasteiger partial charge in [0.25, 0.3) is 0 Å². The zero-order valence-electron chi connectivity index (χ0n) is 28.9. The first-order valence-electron chi connectivity index (χ1n) is 18.0. The maximum absolute atomic E-state index is 13.3. The van der Waals surface area contributed by atoms with Crippen molar-refractivity contribution in [3.63, 3.8) is 0 Å². The van der Waals surface area contributed by atoms with Crippen LogP contribution < -0.4 is 5.32 Å². The number of hydrogen-bond donors (Lipinski definition) is 3. The summed E-state index contributed by atoms with van der Waals surface area (Å²) in [6.45, 7) is 7.02. The van der Waals surface area contributed by atoms with Gasteiger partial charge in [0, 0.05) is 13.0 Å². The third-order valence-corrected chi connectivity index (χ3v) is 10.7. The number of thioether (sulfide) groups is 1. The second-order valence-corrected chi connectivity index (χ2v) is 15.2. The van der Waals surface area contributed by atoms with Crippen molar-refractivity contribution in [1.82, 2.24) is 10.2 Å². The van der Waals surface area contributed by atoms with Crippen molar-refractivity contribution in [2.24, 2.45) is 5.92 Å². The zero-order valence-corrected chi connectivity index (χ0v) is 30.5. The van der Waals surface area contributed by atoms with Gasteiger partial charge in [0.05, 0.1) is 17.5 Å². The van der Waals surface area contributed by atoms with Crippen molar-refractivity contribution in [2.75, 3.05) is 19.8 Å². The first-order chi connectivity index (χ1) is 21.6. The molecular formula is C35H65ClN2O6S. The van der Waals surface area contributed by atoms with E-state index in [1.54, 1.807) is 13.2 Å². The van der Waals surface area contributed by atoms with Gasteiger partial charge in [0.15, 0.2) is 6.10 Å². The van der Waals surface area contributed by atoms with Crippen molar-refractivity contribution in [2.45, 2.75) is 184 Å². The number of ether oxygens (including phenoxy) is 2. The Morgan fingerprint density at radius 2 is 1.49 bits per heavy atom. The van der Waals surface area contributed by atoms with Crippen LogP contribution in [-0.2, 0) is 19.1 Å². The van der Waals surface area contributed by atoms with E-state index in [4.69, 9.17) is 21.1 Å². The van der Waals surface area contributed by atoms with E-state index >= 15 is 0 Å². The van der Waals surface area contributed by atoms with Gasteiger partial charge in [-0.15, -0.1) is 23.4 Å². The van der Waals surface area contributed by atoms with Crippen LogP contribution in [0.4, 0.5) is 0 Å². The standard InChI is InChI=1S/C35H65ClN2O6S/c1-6-8-9-10-11-12-13-14-15-16-17-18-19-20-22-28(39)43-33-31(41)30(40)32(44-35(33)45-5)29(25(3)36)37-34(42)27-23-26(21-7-2)24-38(27)4/h25-27,29-33,35,40-41H,6-24H2,1-5H3,(H,37,42)/t25-,26+,27-,29+,30+,31-,32+,33+,35+/m0/s1. The Morgan fingerprint density at radius 1 is 0.933 bits per heavy atom. The van der Waals surface area contributed by atoms with Crippen LogP contribution in [0.15, 0.2) is 0 Å². The van der Waals surface area contributed by atoms with Gasteiger partial charge in [0.2, 0.25) is 5.91 Å². The highest BCUT2D eigenvalue weighted by atomic mass is 35.5. The Bertz CT molecular complexity index is 821. The Kier molecular flexibility index (Phi) is 20.7. The van der Waals surface area contributed by atoms with Crippen LogP contribution in [0.3, 0.4) is 0 Å². The second-order valence-electron chi connectivity index (χ2n) is 13.5. The summed E-state index contributed by atoms with van der Waals surface area (Å²) in [5.74, 6) is -0.0733. The molecular weight excluding hydrogens is 612 g/mol. The normalized spacial score (nSPS) is 28.6. The summed E-state index contributed by atoms with van der Waals surface area (Å²) in [6.07, 6.45) is 17.7. The van der Waals surface area contributed by atoms with Crippen molar-refractivity contribution in [3.05, 3.63) is 0 Å². The quantitative estimate of drug-likeness (QED) is 0.0616. The minimum absolute atomic E-state index is 0.152. The maximum Gasteiger partial charge on any atom is 0.306 e. The van der Waals surface area contributed by atoms with Gasteiger partial charge >= 0.3 is 5.97 Å². The molecule has 0 radical (unpaired) electrons. The SMILES string of the molecule is CCCCCCCCCCCCCCCCC(=O)O[C@@H]1[C@@H](O)[C@@H](O)[C@@H]([C@H](NC(=O)[C@@H]2C[C@@H](CCC)CN2C)[C@H](C)Cl)O[C@@H]1SC. The van der Waals surface area contributed by atoms with Gasteiger partial charge in [-0.25, -0.2) is 0 Å². The highest BCUT2D eigenvalue weighted by Crippen LogP contribution is 2.33. The summed E-state index contributed by atoms with van der Waals surface area (Å²) < 4.78 is 11.9. The summed E-state index contributed by atoms with van der Waals surface area (Å²) in [4.78, 5) is 28.1. The predicted molar refractivity (Wildman–Crippen MR) is 186 cm³/mol. The van der Waals surface area contributed by atoms with Crippen LogP contribution in [0.5, 0.6) is 0 Å². The molecule has 0 aromatic carbocycles. The first kappa shape index (κ1) is 40.6. The maximum atomic E-state index is 13.3. The third-order valence-electron chi connectivity index (χ3n) is 9.61. The molecule has 2 heterocycles. The van der Waals surface area contributed by atoms with Crippen LogP contribution in [0.25, 0.3) is 0 Å². The van der Waals surface area contributed by atoms with Gasteiger partial charge in [0.1, 0.15) is 23.7 Å². The smallest absolute Gasteiger partial charge is 0.306 e. The molecule has 2 saturated heterocycles. The Morgan fingerprint density at radius 3 is 2.00 bits per heavy atom. The topological polar surface area (TPSA) is 108 Å². The number of rotatable bonds is 23. The van der Waals surface area contributed by atoms with Crippen molar-refractivity contribution in [1.29, 1.82) is 0 Å². The molecule has 0 spiro atoms. The molecule has 1 amide bonds. The van der Waals surface area contributed by atoms with Gasteiger partial charge in [-0.2, -0.15) is 0 Å². The van der Waals surface area contributed by atoms with Crippen LogP contribution in [-0.4, -0.2) is 94.2 Å². The second kappa shape index (κ2) is 22.9. The molecule has 45 heavy (non-hydrogen) atoms. The summed E-state index contributed by atoms with van der Waals surface area (Å²) in [5, 5.41) is 24.6. The monoisotopic (exact) mass is 676 g/mol. The zero-order chi connectivity index (χ0) is 33.2. The fraction of sp³-hybridized carbons (Fsp3) is 0.943. The largest absolute Gasteiger partial charge is 0.456 e. The lowest BCUT2D eigenvalue weighted by atomic mass is 9.92. The summed E-state index contributed by atoms with van der Waals surface area (Å²) in [5.41, 5.74) is -0.702. The number of alkyl halides is 1.